The summed E-state index contributed by atoms with van der Waals surface area (Å²) in [6.07, 6.45) is 0.873. The molecule has 0 saturated carbocycles. The Balaban J connectivity index is 2.24. The Morgan fingerprint density at radius 1 is 1.35 bits per heavy atom. The Morgan fingerprint density at radius 3 is 2.80 bits per heavy atom. The van der Waals surface area contributed by atoms with Gasteiger partial charge in [0, 0.05) is 4.47 Å². The first kappa shape index (κ1) is 13.2. The second-order valence-corrected chi connectivity index (χ2v) is 6.10. The van der Waals surface area contributed by atoms with E-state index in [9.17, 15) is 0 Å². The fourth-order valence-corrected chi connectivity index (χ4v) is 2.78. The number of rotatable bonds is 3. The number of halogens is 1. The van der Waals surface area contributed by atoms with Gasteiger partial charge in [-0.15, -0.1) is 0 Å². The number of hydrogen-bond donors (Lipinski definition) is 2. The van der Waals surface area contributed by atoms with Gasteiger partial charge in [0.05, 0.1) is 16.8 Å². The summed E-state index contributed by atoms with van der Waals surface area (Å²) in [6.45, 7) is 4.33. The highest BCUT2D eigenvalue weighted by Crippen LogP contribution is 2.29. The molecule has 0 aliphatic carbocycles. The van der Waals surface area contributed by atoms with Crippen molar-refractivity contribution in [2.45, 2.75) is 20.3 Å². The van der Waals surface area contributed by atoms with Crippen LogP contribution in [0.2, 0.25) is 0 Å². The van der Waals surface area contributed by atoms with Gasteiger partial charge in [-0.1, -0.05) is 26.0 Å². The minimum absolute atomic E-state index is 0.509. The number of nitrogens with zero attached hydrogens (tertiary/aromatic N) is 3. The molecule has 0 aliphatic heterocycles. The van der Waals surface area contributed by atoms with E-state index in [1.807, 2.05) is 28.9 Å². The zero-order valence-corrected chi connectivity index (χ0v) is 13.0. The van der Waals surface area contributed by atoms with Crippen LogP contribution < -0.4 is 5.73 Å². The summed E-state index contributed by atoms with van der Waals surface area (Å²) < 4.78 is 2.81. The zero-order valence-electron chi connectivity index (χ0n) is 11.4. The molecular weight excluding hydrogens is 318 g/mol. The summed E-state index contributed by atoms with van der Waals surface area (Å²) in [5.41, 5.74) is 8.71. The smallest absolute Gasteiger partial charge is 0.186 e. The number of nitrogens with two attached hydrogens (primary N) is 1. The van der Waals surface area contributed by atoms with Crippen molar-refractivity contribution >= 4 is 32.8 Å². The van der Waals surface area contributed by atoms with Crippen molar-refractivity contribution in [1.29, 1.82) is 0 Å². The fourth-order valence-electron chi connectivity index (χ4n) is 2.32. The van der Waals surface area contributed by atoms with Crippen LogP contribution in [0.5, 0.6) is 0 Å². The molecule has 2 aromatic heterocycles. The molecular formula is C14H16BrN5. The van der Waals surface area contributed by atoms with Gasteiger partial charge in [-0.3, -0.25) is 5.10 Å². The van der Waals surface area contributed by atoms with Crippen molar-refractivity contribution in [2.75, 3.05) is 5.73 Å². The Morgan fingerprint density at radius 2 is 2.10 bits per heavy atom. The third-order valence-corrected chi connectivity index (χ3v) is 3.84. The third-order valence-electron chi connectivity index (χ3n) is 3.17. The molecule has 0 bridgehead atoms. The number of hydrogen-bond acceptors (Lipinski definition) is 3. The van der Waals surface area contributed by atoms with Gasteiger partial charge in [-0.05, 0) is 40.4 Å². The van der Waals surface area contributed by atoms with Crippen LogP contribution in [0.1, 0.15) is 19.5 Å². The molecule has 0 atom stereocenters. The van der Waals surface area contributed by atoms with Crippen molar-refractivity contribution in [1.82, 2.24) is 20.0 Å². The van der Waals surface area contributed by atoms with Crippen LogP contribution in [-0.4, -0.2) is 20.0 Å². The van der Waals surface area contributed by atoms with E-state index < -0.39 is 0 Å². The van der Waals surface area contributed by atoms with E-state index in [2.05, 4.69) is 40.0 Å². The van der Waals surface area contributed by atoms with Crippen LogP contribution in [0, 0.1) is 5.92 Å². The summed E-state index contributed by atoms with van der Waals surface area (Å²) >= 11 is 3.56. The number of nitrogens with one attached hydrogen (secondary N) is 1. The normalized spacial score (nSPS) is 11.6. The minimum Gasteiger partial charge on any atom is -0.383 e. The van der Waals surface area contributed by atoms with Crippen LogP contribution >= 0.6 is 15.9 Å². The molecule has 0 saturated heterocycles. The van der Waals surface area contributed by atoms with Crippen LogP contribution in [0.25, 0.3) is 16.7 Å². The number of aromatic nitrogens is 4. The molecule has 5 nitrogen and oxygen atoms in total. The van der Waals surface area contributed by atoms with Gasteiger partial charge in [-0.2, -0.15) is 10.2 Å². The van der Waals surface area contributed by atoms with E-state index in [1.54, 1.807) is 0 Å². The zero-order chi connectivity index (χ0) is 14.3. The second-order valence-electron chi connectivity index (χ2n) is 5.24. The molecule has 0 spiro atoms. The maximum atomic E-state index is 6.00. The number of aromatic amines is 1. The summed E-state index contributed by atoms with van der Waals surface area (Å²) in [7, 11) is 0. The Labute approximate surface area is 125 Å². The van der Waals surface area contributed by atoms with Gasteiger partial charge in [0.1, 0.15) is 5.82 Å². The topological polar surface area (TPSA) is 72.5 Å². The third kappa shape index (κ3) is 2.10. The van der Waals surface area contributed by atoms with E-state index in [1.165, 1.54) is 0 Å². The van der Waals surface area contributed by atoms with E-state index in [0.717, 1.165) is 33.3 Å². The van der Waals surface area contributed by atoms with Gasteiger partial charge >= 0.3 is 0 Å². The van der Waals surface area contributed by atoms with Gasteiger partial charge in [0.2, 0.25) is 0 Å². The lowest BCUT2D eigenvalue weighted by Crippen LogP contribution is -2.01. The van der Waals surface area contributed by atoms with Crippen molar-refractivity contribution < 1.29 is 0 Å². The lowest BCUT2D eigenvalue weighted by atomic mass is 10.1. The molecule has 2 heterocycles. The summed E-state index contributed by atoms with van der Waals surface area (Å²) in [4.78, 5) is 0. The van der Waals surface area contributed by atoms with Gasteiger partial charge in [0.15, 0.2) is 5.65 Å². The number of para-hydroxylation sites is 1. The highest BCUT2D eigenvalue weighted by Gasteiger charge is 2.19. The molecule has 1 aromatic carbocycles. The van der Waals surface area contributed by atoms with Gasteiger partial charge < -0.3 is 5.73 Å². The molecule has 0 aliphatic rings. The van der Waals surface area contributed by atoms with E-state index in [4.69, 9.17) is 10.8 Å². The summed E-state index contributed by atoms with van der Waals surface area (Å²) in [6, 6.07) is 7.94. The number of H-pyrrole nitrogens is 1. The van der Waals surface area contributed by atoms with Crippen LogP contribution in [-0.2, 0) is 6.42 Å². The van der Waals surface area contributed by atoms with E-state index >= 15 is 0 Å². The van der Waals surface area contributed by atoms with Crippen molar-refractivity contribution in [3.05, 3.63) is 34.4 Å². The number of fused-ring (bicyclic) bond motifs is 1. The molecule has 0 amide bonds. The predicted octanol–water partition coefficient (Wildman–Crippen LogP) is 3.29. The van der Waals surface area contributed by atoms with E-state index in [-0.39, 0.29) is 0 Å². The Kier molecular flexibility index (Phi) is 3.25. The fraction of sp³-hybridized carbons (Fsp3) is 0.286. The SMILES string of the molecule is CC(C)Cc1nn(-c2ccccc2Br)c2n[nH]c(N)c12. The molecule has 3 rings (SSSR count). The lowest BCUT2D eigenvalue weighted by molar-refractivity contribution is 0.630. The molecule has 104 valence electrons. The average Bonchev–Trinajstić information content (AvgIpc) is 2.92. The van der Waals surface area contributed by atoms with E-state index in [0.29, 0.717) is 11.7 Å². The first-order chi connectivity index (χ1) is 9.58. The summed E-state index contributed by atoms with van der Waals surface area (Å²) in [5, 5.41) is 12.8. The molecule has 0 radical (unpaired) electrons. The maximum absolute atomic E-state index is 6.00. The van der Waals surface area contributed by atoms with Gasteiger partial charge in [-0.25, -0.2) is 4.68 Å². The predicted molar refractivity (Wildman–Crippen MR) is 83.9 cm³/mol. The largest absolute Gasteiger partial charge is 0.383 e. The van der Waals surface area contributed by atoms with Gasteiger partial charge in [0.25, 0.3) is 0 Å². The van der Waals surface area contributed by atoms with Crippen molar-refractivity contribution in [2.24, 2.45) is 5.92 Å². The number of nitrogen functional groups attached to an aromatic ring is 1. The Bertz CT molecular complexity index is 756. The van der Waals surface area contributed by atoms with Crippen molar-refractivity contribution in [3.63, 3.8) is 0 Å². The molecule has 20 heavy (non-hydrogen) atoms. The first-order valence-electron chi connectivity index (χ1n) is 6.54. The highest BCUT2D eigenvalue weighted by molar-refractivity contribution is 9.10. The molecule has 6 heteroatoms. The first-order valence-corrected chi connectivity index (χ1v) is 7.33. The monoisotopic (exact) mass is 333 g/mol. The Hall–Kier alpha value is -1.82. The standard InChI is InChI=1S/C14H16BrN5/c1-8(2)7-10-12-13(16)17-18-14(12)20(19-10)11-6-4-3-5-9(11)15/h3-6,8H,7H2,1-2H3,(H3,16,17,18). The molecule has 3 aromatic rings. The number of anilines is 1. The van der Waals surface area contributed by atoms with Crippen LogP contribution in [0.15, 0.2) is 28.7 Å². The average molecular weight is 334 g/mol. The lowest BCUT2D eigenvalue weighted by Gasteiger charge is -2.04. The minimum atomic E-state index is 0.509. The van der Waals surface area contributed by atoms with Crippen molar-refractivity contribution in [3.8, 4) is 5.69 Å². The summed E-state index contributed by atoms with van der Waals surface area (Å²) in [5.74, 6) is 1.09. The maximum Gasteiger partial charge on any atom is 0.186 e. The molecule has 0 fully saturated rings. The van der Waals surface area contributed by atoms with Crippen LogP contribution in [0.3, 0.4) is 0 Å². The second kappa shape index (κ2) is 4.94. The highest BCUT2D eigenvalue weighted by atomic mass is 79.9. The molecule has 0 unspecified atom stereocenters. The van der Waals surface area contributed by atoms with Crippen LogP contribution in [0.4, 0.5) is 5.82 Å². The molecule has 3 N–H and O–H groups in total. The quantitative estimate of drug-likeness (QED) is 0.772. The number of benzene rings is 1.